The quantitative estimate of drug-likeness (QED) is 0.297. The maximum Gasteiger partial charge on any atom is 0.160 e. The molecule has 1 atom stereocenters. The largest absolute Gasteiger partial charge is 0.307 e. The SMILES string of the molecule is CC/C=C(/N=C(N=C(C)c1ccc(C#N)cc1)c1ccc(C2CN2)cc1)c1ccc(C#N)cc1. The molecule has 0 spiro atoms. The number of allylic oxidation sites excluding steroid dienone is 1. The van der Waals surface area contributed by atoms with Crippen LogP contribution in [0.15, 0.2) is 88.9 Å². The Labute approximate surface area is 200 Å². The number of hydrogen-bond acceptors (Lipinski definition) is 4. The van der Waals surface area contributed by atoms with Gasteiger partial charge in [-0.3, -0.25) is 0 Å². The van der Waals surface area contributed by atoms with Crippen LogP contribution in [0.4, 0.5) is 0 Å². The Kier molecular flexibility index (Phi) is 7.08. The monoisotopic (exact) mass is 443 g/mol. The molecule has 4 rings (SSSR count). The van der Waals surface area contributed by atoms with Crippen molar-refractivity contribution in [3.63, 3.8) is 0 Å². The minimum Gasteiger partial charge on any atom is -0.307 e. The van der Waals surface area contributed by atoms with E-state index in [1.165, 1.54) is 5.56 Å². The maximum atomic E-state index is 9.14. The minimum atomic E-state index is 0.438. The Hall–Kier alpha value is -4.32. The van der Waals surface area contributed by atoms with Gasteiger partial charge in [0.25, 0.3) is 0 Å². The van der Waals surface area contributed by atoms with E-state index >= 15 is 0 Å². The highest BCUT2D eigenvalue weighted by Gasteiger charge is 2.22. The van der Waals surface area contributed by atoms with Crippen molar-refractivity contribution in [1.29, 1.82) is 10.5 Å². The molecule has 34 heavy (non-hydrogen) atoms. The zero-order valence-corrected chi connectivity index (χ0v) is 19.3. The fraction of sp³-hybridized carbons (Fsp3) is 0.172. The fourth-order valence-corrected chi connectivity index (χ4v) is 3.57. The summed E-state index contributed by atoms with van der Waals surface area (Å²) >= 11 is 0. The third kappa shape index (κ3) is 5.53. The molecular weight excluding hydrogens is 418 g/mol. The van der Waals surface area contributed by atoms with E-state index in [9.17, 15) is 0 Å². The summed E-state index contributed by atoms with van der Waals surface area (Å²) in [5.41, 5.74) is 6.90. The Morgan fingerprint density at radius 1 is 0.853 bits per heavy atom. The van der Waals surface area contributed by atoms with Crippen molar-refractivity contribution in [1.82, 2.24) is 5.32 Å². The summed E-state index contributed by atoms with van der Waals surface area (Å²) in [4.78, 5) is 9.91. The first-order valence-corrected chi connectivity index (χ1v) is 11.3. The highest BCUT2D eigenvalue weighted by atomic mass is 15.1. The van der Waals surface area contributed by atoms with Crippen LogP contribution < -0.4 is 5.32 Å². The van der Waals surface area contributed by atoms with Crippen LogP contribution in [-0.4, -0.2) is 18.1 Å². The van der Waals surface area contributed by atoms with E-state index in [4.69, 9.17) is 20.5 Å². The Bertz CT molecular complexity index is 1330. The summed E-state index contributed by atoms with van der Waals surface area (Å²) in [5, 5.41) is 21.6. The molecule has 0 aromatic heterocycles. The van der Waals surface area contributed by atoms with Crippen LogP contribution in [0, 0.1) is 22.7 Å². The molecule has 1 aliphatic rings. The standard InChI is InChI=1S/C29H25N5/c1-3-4-27(24-11-7-22(18-31)8-12-24)34-29(26-15-13-25(14-16-26)28-19-32-28)33-20(2)23-9-5-21(17-30)6-10-23/h4-16,28,32H,3,19H2,1-2H3/b27-4+,33-20?,34-29?. The molecule has 3 aromatic carbocycles. The van der Waals surface area contributed by atoms with Gasteiger partial charge < -0.3 is 5.32 Å². The molecule has 0 amide bonds. The van der Waals surface area contributed by atoms with Crippen LogP contribution in [0.1, 0.15) is 59.7 Å². The number of nitrogens with zero attached hydrogens (tertiary/aromatic N) is 4. The van der Waals surface area contributed by atoms with Gasteiger partial charge in [-0.25, -0.2) is 9.98 Å². The van der Waals surface area contributed by atoms with Gasteiger partial charge in [0.15, 0.2) is 5.84 Å². The molecule has 1 heterocycles. The van der Waals surface area contributed by atoms with Gasteiger partial charge in [-0.15, -0.1) is 0 Å². The Morgan fingerprint density at radius 3 is 1.88 bits per heavy atom. The number of rotatable bonds is 6. The molecule has 0 radical (unpaired) electrons. The molecule has 0 saturated carbocycles. The molecule has 1 N–H and O–H groups in total. The second-order valence-corrected chi connectivity index (χ2v) is 8.09. The van der Waals surface area contributed by atoms with E-state index < -0.39 is 0 Å². The molecule has 3 aromatic rings. The molecule has 0 bridgehead atoms. The van der Waals surface area contributed by atoms with Gasteiger partial charge in [-0.05, 0) is 54.3 Å². The number of hydrogen-bond donors (Lipinski definition) is 1. The van der Waals surface area contributed by atoms with Crippen LogP contribution in [0.2, 0.25) is 0 Å². The second kappa shape index (κ2) is 10.5. The second-order valence-electron chi connectivity index (χ2n) is 8.09. The number of aliphatic imine (C=N–C) groups is 2. The first-order chi connectivity index (χ1) is 16.6. The van der Waals surface area contributed by atoms with E-state index in [0.717, 1.165) is 41.1 Å². The summed E-state index contributed by atoms with van der Waals surface area (Å²) < 4.78 is 0. The average molecular weight is 444 g/mol. The summed E-state index contributed by atoms with van der Waals surface area (Å²) in [7, 11) is 0. The summed E-state index contributed by atoms with van der Waals surface area (Å²) in [6.45, 7) is 5.03. The van der Waals surface area contributed by atoms with Crippen molar-refractivity contribution < 1.29 is 0 Å². The van der Waals surface area contributed by atoms with Crippen LogP contribution in [0.25, 0.3) is 5.70 Å². The third-order valence-corrected chi connectivity index (χ3v) is 5.62. The lowest BCUT2D eigenvalue weighted by molar-refractivity contribution is 1.08. The van der Waals surface area contributed by atoms with Crippen molar-refractivity contribution in [3.05, 3.63) is 112 Å². The lowest BCUT2D eigenvalue weighted by atomic mass is 10.1. The smallest absolute Gasteiger partial charge is 0.160 e. The van der Waals surface area contributed by atoms with Crippen LogP contribution >= 0.6 is 0 Å². The maximum absolute atomic E-state index is 9.14. The van der Waals surface area contributed by atoms with Gasteiger partial charge in [-0.2, -0.15) is 10.5 Å². The molecule has 1 saturated heterocycles. The third-order valence-electron chi connectivity index (χ3n) is 5.62. The molecule has 1 aliphatic heterocycles. The normalized spacial score (nSPS) is 16.0. The predicted octanol–water partition coefficient (Wildman–Crippen LogP) is 5.78. The van der Waals surface area contributed by atoms with E-state index in [-0.39, 0.29) is 0 Å². The molecule has 0 aliphatic carbocycles. The van der Waals surface area contributed by atoms with Gasteiger partial charge in [0.1, 0.15) is 0 Å². The van der Waals surface area contributed by atoms with Crippen molar-refractivity contribution in [3.8, 4) is 12.1 Å². The van der Waals surface area contributed by atoms with Crippen LogP contribution in [0.3, 0.4) is 0 Å². The Balaban J connectivity index is 1.77. The van der Waals surface area contributed by atoms with Crippen molar-refractivity contribution in [2.45, 2.75) is 26.3 Å². The first-order valence-electron chi connectivity index (χ1n) is 11.3. The van der Waals surface area contributed by atoms with E-state index in [1.807, 2.05) is 31.2 Å². The lowest BCUT2D eigenvalue weighted by Crippen LogP contribution is -2.05. The van der Waals surface area contributed by atoms with E-state index in [2.05, 4.69) is 54.7 Å². The fourth-order valence-electron chi connectivity index (χ4n) is 3.57. The minimum absolute atomic E-state index is 0.438. The van der Waals surface area contributed by atoms with Crippen molar-refractivity contribution in [2.24, 2.45) is 9.98 Å². The van der Waals surface area contributed by atoms with E-state index in [0.29, 0.717) is 23.0 Å². The van der Waals surface area contributed by atoms with Gasteiger partial charge in [0.2, 0.25) is 0 Å². The zero-order valence-electron chi connectivity index (χ0n) is 19.3. The highest BCUT2D eigenvalue weighted by Crippen LogP contribution is 2.24. The topological polar surface area (TPSA) is 94.2 Å². The lowest BCUT2D eigenvalue weighted by Gasteiger charge is -2.09. The van der Waals surface area contributed by atoms with Gasteiger partial charge in [0, 0.05) is 23.9 Å². The molecule has 1 unspecified atom stereocenters. The number of nitriles is 2. The Morgan fingerprint density at radius 2 is 1.38 bits per heavy atom. The molecule has 5 heteroatoms. The number of amidine groups is 1. The van der Waals surface area contributed by atoms with Gasteiger partial charge >= 0.3 is 0 Å². The molecule has 5 nitrogen and oxygen atoms in total. The number of nitrogens with one attached hydrogen (secondary N) is 1. The summed E-state index contributed by atoms with van der Waals surface area (Å²) in [6.07, 6.45) is 2.88. The predicted molar refractivity (Wildman–Crippen MR) is 137 cm³/mol. The van der Waals surface area contributed by atoms with Gasteiger partial charge in [0.05, 0.1) is 29.0 Å². The van der Waals surface area contributed by atoms with Crippen molar-refractivity contribution >= 4 is 17.2 Å². The van der Waals surface area contributed by atoms with Crippen LogP contribution in [0.5, 0.6) is 0 Å². The first kappa shape index (κ1) is 22.9. The van der Waals surface area contributed by atoms with Gasteiger partial charge in [-0.1, -0.05) is 61.5 Å². The number of benzene rings is 3. The average Bonchev–Trinajstić information content (AvgIpc) is 3.74. The summed E-state index contributed by atoms with van der Waals surface area (Å²) in [5.74, 6) is 0.612. The zero-order chi connectivity index (χ0) is 23.9. The molecule has 166 valence electrons. The highest BCUT2D eigenvalue weighted by molar-refractivity contribution is 6.12. The molecular formula is C29H25N5. The van der Waals surface area contributed by atoms with E-state index in [1.54, 1.807) is 24.3 Å². The molecule has 1 fully saturated rings. The van der Waals surface area contributed by atoms with Crippen LogP contribution in [-0.2, 0) is 0 Å². The van der Waals surface area contributed by atoms with Crippen molar-refractivity contribution in [2.75, 3.05) is 6.54 Å². The summed E-state index contributed by atoms with van der Waals surface area (Å²) in [6, 6.07) is 27.9.